The molecule has 0 fully saturated rings. The van der Waals surface area contributed by atoms with Gasteiger partial charge in [-0.3, -0.25) is 9.59 Å². The van der Waals surface area contributed by atoms with Crippen LogP contribution < -0.4 is 5.73 Å². The van der Waals surface area contributed by atoms with Crippen molar-refractivity contribution in [2.75, 3.05) is 13.1 Å². The number of amides is 2. The zero-order chi connectivity index (χ0) is 17.5. The Labute approximate surface area is 143 Å². The van der Waals surface area contributed by atoms with Gasteiger partial charge in [0.05, 0.1) is 0 Å². The Bertz CT molecular complexity index is 705. The highest BCUT2D eigenvalue weighted by atomic mass is 16.2. The molecule has 0 aliphatic rings. The molecule has 2 rings (SSSR count). The summed E-state index contributed by atoms with van der Waals surface area (Å²) in [5.41, 5.74) is 8.09. The lowest BCUT2D eigenvalue weighted by molar-refractivity contribution is 0.0755. The molecule has 126 valence electrons. The summed E-state index contributed by atoms with van der Waals surface area (Å²) in [6.07, 6.45) is 1.79. The summed E-state index contributed by atoms with van der Waals surface area (Å²) in [7, 11) is 0. The van der Waals surface area contributed by atoms with Gasteiger partial charge in [-0.05, 0) is 42.2 Å². The second-order valence-corrected chi connectivity index (χ2v) is 5.82. The number of benzene rings is 2. The highest BCUT2D eigenvalue weighted by molar-refractivity contribution is 6.01. The number of nitrogens with zero attached hydrogens (tertiary/aromatic N) is 1. The minimum absolute atomic E-state index is 0.0565. The SMILES string of the molecule is CCCN(CCC)C(=O)c1cc(C(N)=O)cc(-c2ccccc2)c1. The summed E-state index contributed by atoms with van der Waals surface area (Å²) in [4.78, 5) is 26.4. The first-order valence-electron chi connectivity index (χ1n) is 8.36. The second-order valence-electron chi connectivity index (χ2n) is 5.82. The molecule has 2 aromatic carbocycles. The van der Waals surface area contributed by atoms with Gasteiger partial charge < -0.3 is 10.6 Å². The van der Waals surface area contributed by atoms with E-state index in [1.807, 2.05) is 55.1 Å². The first-order chi connectivity index (χ1) is 11.6. The Kier molecular flexibility index (Phi) is 6.13. The van der Waals surface area contributed by atoms with Crippen molar-refractivity contribution in [3.8, 4) is 11.1 Å². The van der Waals surface area contributed by atoms with Crippen molar-refractivity contribution in [3.05, 3.63) is 59.7 Å². The van der Waals surface area contributed by atoms with Crippen LogP contribution in [0.5, 0.6) is 0 Å². The summed E-state index contributed by atoms with van der Waals surface area (Å²) in [5.74, 6) is -0.585. The monoisotopic (exact) mass is 324 g/mol. The van der Waals surface area contributed by atoms with Gasteiger partial charge in [-0.2, -0.15) is 0 Å². The van der Waals surface area contributed by atoms with Gasteiger partial charge in [0.2, 0.25) is 5.91 Å². The molecular formula is C20H24N2O2. The maximum absolute atomic E-state index is 12.9. The average molecular weight is 324 g/mol. The highest BCUT2D eigenvalue weighted by Crippen LogP contribution is 2.23. The van der Waals surface area contributed by atoms with E-state index in [9.17, 15) is 9.59 Å². The predicted molar refractivity (Wildman–Crippen MR) is 96.9 cm³/mol. The van der Waals surface area contributed by atoms with Gasteiger partial charge in [0.15, 0.2) is 0 Å². The van der Waals surface area contributed by atoms with E-state index in [-0.39, 0.29) is 5.91 Å². The summed E-state index contributed by atoms with van der Waals surface area (Å²) in [6, 6.07) is 14.8. The number of hydrogen-bond donors (Lipinski definition) is 1. The number of nitrogens with two attached hydrogens (primary N) is 1. The van der Waals surface area contributed by atoms with Crippen molar-refractivity contribution >= 4 is 11.8 Å². The number of rotatable bonds is 7. The summed E-state index contributed by atoms with van der Waals surface area (Å²) in [6.45, 7) is 5.50. The Balaban J connectivity index is 2.47. The Morgan fingerprint density at radius 3 is 2.00 bits per heavy atom. The van der Waals surface area contributed by atoms with Crippen molar-refractivity contribution < 1.29 is 9.59 Å². The molecule has 4 nitrogen and oxygen atoms in total. The van der Waals surface area contributed by atoms with Crippen molar-refractivity contribution in [2.45, 2.75) is 26.7 Å². The van der Waals surface area contributed by atoms with Crippen molar-refractivity contribution in [1.29, 1.82) is 0 Å². The fraction of sp³-hybridized carbons (Fsp3) is 0.300. The zero-order valence-electron chi connectivity index (χ0n) is 14.3. The van der Waals surface area contributed by atoms with E-state index in [2.05, 4.69) is 0 Å². The standard InChI is InChI=1S/C20H24N2O2/c1-3-10-22(11-4-2)20(24)18-13-16(12-17(14-18)19(21)23)15-8-6-5-7-9-15/h5-9,12-14H,3-4,10-11H2,1-2H3,(H2,21,23). The molecule has 0 atom stereocenters. The van der Waals surface area contributed by atoms with Crippen LogP contribution in [0.1, 0.15) is 47.4 Å². The highest BCUT2D eigenvalue weighted by Gasteiger charge is 2.17. The van der Waals surface area contributed by atoms with Crippen molar-refractivity contribution in [2.24, 2.45) is 5.73 Å². The smallest absolute Gasteiger partial charge is 0.253 e. The molecule has 0 spiro atoms. The Morgan fingerprint density at radius 2 is 1.46 bits per heavy atom. The third kappa shape index (κ3) is 4.22. The van der Waals surface area contributed by atoms with Crippen LogP contribution in [-0.4, -0.2) is 29.8 Å². The normalized spacial score (nSPS) is 10.4. The molecule has 0 radical (unpaired) electrons. The van der Waals surface area contributed by atoms with Crippen LogP contribution in [0.3, 0.4) is 0 Å². The molecule has 0 aromatic heterocycles. The molecule has 0 bridgehead atoms. The molecule has 0 saturated heterocycles. The van der Waals surface area contributed by atoms with E-state index >= 15 is 0 Å². The van der Waals surface area contributed by atoms with Gasteiger partial charge in [-0.15, -0.1) is 0 Å². The Morgan fingerprint density at radius 1 is 0.875 bits per heavy atom. The first kappa shape index (κ1) is 17.7. The van der Waals surface area contributed by atoms with E-state index in [4.69, 9.17) is 5.73 Å². The van der Waals surface area contributed by atoms with Crippen LogP contribution >= 0.6 is 0 Å². The summed E-state index contributed by atoms with van der Waals surface area (Å²) in [5, 5.41) is 0. The molecule has 2 aromatic rings. The first-order valence-corrected chi connectivity index (χ1v) is 8.36. The van der Waals surface area contributed by atoms with Crippen LogP contribution in [0.4, 0.5) is 0 Å². The van der Waals surface area contributed by atoms with Crippen LogP contribution in [0.25, 0.3) is 11.1 Å². The van der Waals surface area contributed by atoms with Gasteiger partial charge in [0.1, 0.15) is 0 Å². The number of carbonyl (C=O) groups excluding carboxylic acids is 2. The molecule has 4 heteroatoms. The van der Waals surface area contributed by atoms with Crippen LogP contribution in [0.15, 0.2) is 48.5 Å². The topological polar surface area (TPSA) is 63.4 Å². The summed E-state index contributed by atoms with van der Waals surface area (Å²) >= 11 is 0. The molecular weight excluding hydrogens is 300 g/mol. The third-order valence-corrected chi connectivity index (χ3v) is 3.85. The lowest BCUT2D eigenvalue weighted by Gasteiger charge is -2.22. The minimum Gasteiger partial charge on any atom is -0.366 e. The van der Waals surface area contributed by atoms with E-state index in [0.29, 0.717) is 24.2 Å². The van der Waals surface area contributed by atoms with Crippen molar-refractivity contribution in [3.63, 3.8) is 0 Å². The van der Waals surface area contributed by atoms with Gasteiger partial charge in [0, 0.05) is 24.2 Å². The van der Waals surface area contributed by atoms with E-state index in [0.717, 1.165) is 24.0 Å². The van der Waals surface area contributed by atoms with Gasteiger partial charge >= 0.3 is 0 Å². The molecule has 0 saturated carbocycles. The molecule has 24 heavy (non-hydrogen) atoms. The predicted octanol–water partition coefficient (Wildman–Crippen LogP) is 3.71. The summed E-state index contributed by atoms with van der Waals surface area (Å²) < 4.78 is 0. The second kappa shape index (κ2) is 8.29. The van der Waals surface area contributed by atoms with E-state index < -0.39 is 5.91 Å². The average Bonchev–Trinajstić information content (AvgIpc) is 2.61. The van der Waals surface area contributed by atoms with Crippen LogP contribution in [0, 0.1) is 0 Å². The number of hydrogen-bond acceptors (Lipinski definition) is 2. The van der Waals surface area contributed by atoms with Crippen molar-refractivity contribution in [1.82, 2.24) is 4.90 Å². The quantitative estimate of drug-likeness (QED) is 0.843. The largest absolute Gasteiger partial charge is 0.366 e. The lowest BCUT2D eigenvalue weighted by atomic mass is 9.98. The molecule has 2 N–H and O–H groups in total. The fourth-order valence-corrected chi connectivity index (χ4v) is 2.73. The Hall–Kier alpha value is -2.62. The number of primary amides is 1. The minimum atomic E-state index is -0.528. The maximum atomic E-state index is 12.9. The maximum Gasteiger partial charge on any atom is 0.253 e. The molecule has 0 aliphatic heterocycles. The molecule has 2 amide bonds. The van der Waals surface area contributed by atoms with Gasteiger partial charge in [-0.25, -0.2) is 0 Å². The van der Waals surface area contributed by atoms with Gasteiger partial charge in [-0.1, -0.05) is 44.2 Å². The molecule has 0 heterocycles. The van der Waals surface area contributed by atoms with Gasteiger partial charge in [0.25, 0.3) is 5.91 Å². The van der Waals surface area contributed by atoms with E-state index in [1.165, 1.54) is 0 Å². The van der Waals surface area contributed by atoms with Crippen LogP contribution in [0.2, 0.25) is 0 Å². The third-order valence-electron chi connectivity index (χ3n) is 3.85. The number of carbonyl (C=O) groups is 2. The zero-order valence-corrected chi connectivity index (χ0v) is 14.3. The lowest BCUT2D eigenvalue weighted by Crippen LogP contribution is -2.32. The fourth-order valence-electron chi connectivity index (χ4n) is 2.73. The van der Waals surface area contributed by atoms with E-state index in [1.54, 1.807) is 12.1 Å². The molecule has 0 unspecified atom stereocenters. The molecule has 0 aliphatic carbocycles. The van der Waals surface area contributed by atoms with Crippen LogP contribution in [-0.2, 0) is 0 Å².